The van der Waals surface area contributed by atoms with Gasteiger partial charge in [0.25, 0.3) is 0 Å². The average Bonchev–Trinajstić information content (AvgIpc) is 2.49. The molecule has 0 spiro atoms. The Hall–Kier alpha value is -2.41. The summed E-state index contributed by atoms with van der Waals surface area (Å²) < 4.78 is 38.5. The van der Waals surface area contributed by atoms with Crippen molar-refractivity contribution in [1.82, 2.24) is 0 Å². The lowest BCUT2D eigenvalue weighted by molar-refractivity contribution is -0.138. The fraction of sp³-hybridized carbons (Fsp3) is 0.278. The van der Waals surface area contributed by atoms with E-state index in [1.807, 2.05) is 26.0 Å². The molecule has 1 atom stereocenters. The monoisotopic (exact) mass is 365 g/mol. The number of anilines is 1. The van der Waals surface area contributed by atoms with Crippen molar-refractivity contribution in [2.45, 2.75) is 26.3 Å². The van der Waals surface area contributed by atoms with Crippen LogP contribution in [0.15, 0.2) is 42.5 Å². The maximum atomic E-state index is 13.2. The van der Waals surface area contributed by atoms with Crippen LogP contribution in [-0.4, -0.2) is 31.8 Å². The zero-order valence-electron chi connectivity index (χ0n) is 14.2. The first-order valence-corrected chi connectivity index (χ1v) is 9.48. The summed E-state index contributed by atoms with van der Waals surface area (Å²) in [7, 11) is -3.89. The molecule has 1 unspecified atom stereocenters. The second-order valence-electron chi connectivity index (χ2n) is 6.02. The second kappa shape index (κ2) is 7.23. The quantitative estimate of drug-likeness (QED) is 0.854. The Labute approximate surface area is 146 Å². The number of carboxylic acids is 1. The first-order valence-electron chi connectivity index (χ1n) is 7.63. The van der Waals surface area contributed by atoms with Gasteiger partial charge in [0.15, 0.2) is 0 Å². The number of hydrogen-bond acceptors (Lipinski definition) is 3. The molecule has 0 aromatic heterocycles. The molecule has 0 amide bonds. The van der Waals surface area contributed by atoms with E-state index in [1.165, 1.54) is 12.1 Å². The summed E-state index contributed by atoms with van der Waals surface area (Å²) in [5.74, 6) is -1.80. The maximum Gasteiger partial charge on any atom is 0.327 e. The van der Waals surface area contributed by atoms with Crippen LogP contribution >= 0.6 is 0 Å². The number of aryl methyl sites for hydroxylation is 2. The van der Waals surface area contributed by atoms with Crippen LogP contribution in [0.4, 0.5) is 10.1 Å². The van der Waals surface area contributed by atoms with Gasteiger partial charge in [-0.3, -0.25) is 4.31 Å². The Kier molecular flexibility index (Phi) is 5.47. The maximum absolute atomic E-state index is 13.2. The molecule has 2 aromatic carbocycles. The van der Waals surface area contributed by atoms with Crippen molar-refractivity contribution in [3.05, 3.63) is 65.0 Å². The molecule has 0 heterocycles. The molecule has 0 fully saturated rings. The van der Waals surface area contributed by atoms with Crippen LogP contribution in [0.1, 0.15) is 16.7 Å². The van der Waals surface area contributed by atoms with Crippen molar-refractivity contribution in [2.75, 3.05) is 10.6 Å². The van der Waals surface area contributed by atoms with Gasteiger partial charge in [-0.15, -0.1) is 0 Å². The van der Waals surface area contributed by atoms with Crippen LogP contribution in [0.5, 0.6) is 0 Å². The van der Waals surface area contributed by atoms with Crippen LogP contribution in [0.2, 0.25) is 0 Å². The van der Waals surface area contributed by atoms with Crippen LogP contribution in [0.3, 0.4) is 0 Å². The molecule has 0 aliphatic carbocycles. The highest BCUT2D eigenvalue weighted by atomic mass is 32.2. The summed E-state index contributed by atoms with van der Waals surface area (Å²) >= 11 is 0. The number of carbonyl (C=O) groups is 1. The molecule has 0 bridgehead atoms. The van der Waals surface area contributed by atoms with Crippen molar-refractivity contribution in [2.24, 2.45) is 0 Å². The Morgan fingerprint density at radius 2 is 1.76 bits per heavy atom. The molecule has 1 N–H and O–H groups in total. The minimum atomic E-state index is -3.89. The number of nitrogens with zero attached hydrogens (tertiary/aromatic N) is 1. The molecular formula is C18H20FNO4S. The zero-order valence-corrected chi connectivity index (χ0v) is 15.0. The van der Waals surface area contributed by atoms with Crippen molar-refractivity contribution in [1.29, 1.82) is 0 Å². The SMILES string of the molecule is Cc1ccc(CC(C(=O)O)N(c2ccc(F)cc2)S(C)(=O)=O)c(C)c1. The molecule has 134 valence electrons. The number of sulfonamides is 1. The molecule has 0 aliphatic rings. The molecule has 25 heavy (non-hydrogen) atoms. The van der Waals surface area contributed by atoms with Crippen LogP contribution in [0, 0.1) is 19.7 Å². The van der Waals surface area contributed by atoms with Crippen molar-refractivity contribution < 1.29 is 22.7 Å². The number of halogens is 1. The van der Waals surface area contributed by atoms with Crippen molar-refractivity contribution in [3.8, 4) is 0 Å². The third-order valence-electron chi connectivity index (χ3n) is 3.92. The molecule has 2 rings (SSSR count). The van der Waals surface area contributed by atoms with Crippen LogP contribution in [-0.2, 0) is 21.2 Å². The van der Waals surface area contributed by atoms with Gasteiger partial charge in [0.05, 0.1) is 11.9 Å². The molecule has 0 radical (unpaired) electrons. The van der Waals surface area contributed by atoms with E-state index in [0.29, 0.717) is 0 Å². The Morgan fingerprint density at radius 1 is 1.16 bits per heavy atom. The highest BCUT2D eigenvalue weighted by Crippen LogP contribution is 2.24. The fourth-order valence-electron chi connectivity index (χ4n) is 2.74. The van der Waals surface area contributed by atoms with Crippen LogP contribution in [0.25, 0.3) is 0 Å². The number of carboxylic acid groups (broad SMARTS) is 1. The van der Waals surface area contributed by atoms with Gasteiger partial charge in [0.2, 0.25) is 10.0 Å². The van der Waals surface area contributed by atoms with E-state index in [4.69, 9.17) is 0 Å². The Balaban J connectivity index is 2.50. The summed E-state index contributed by atoms with van der Waals surface area (Å²) in [6, 6.07) is 8.95. The van der Waals surface area contributed by atoms with Crippen molar-refractivity contribution >= 4 is 21.7 Å². The Bertz CT molecular complexity index is 878. The van der Waals surface area contributed by atoms with E-state index < -0.39 is 27.9 Å². The standard InChI is InChI=1S/C18H20FNO4S/c1-12-4-5-14(13(2)10-12)11-17(18(21)22)20(25(3,23)24)16-8-6-15(19)7-9-16/h4-10,17H,11H2,1-3H3,(H,21,22). The van der Waals surface area contributed by atoms with Gasteiger partial charge in [-0.25, -0.2) is 17.6 Å². The molecular weight excluding hydrogens is 345 g/mol. The van der Waals surface area contributed by atoms with Gasteiger partial charge >= 0.3 is 5.97 Å². The largest absolute Gasteiger partial charge is 0.480 e. The zero-order chi connectivity index (χ0) is 18.8. The van der Waals surface area contributed by atoms with E-state index in [2.05, 4.69) is 0 Å². The minimum Gasteiger partial charge on any atom is -0.480 e. The average molecular weight is 365 g/mol. The van der Waals surface area contributed by atoms with Gasteiger partial charge < -0.3 is 5.11 Å². The number of aliphatic carboxylic acids is 1. The smallest absolute Gasteiger partial charge is 0.327 e. The minimum absolute atomic E-state index is 0.00585. The van der Waals surface area contributed by atoms with E-state index in [0.717, 1.165) is 39.4 Å². The summed E-state index contributed by atoms with van der Waals surface area (Å²) in [5.41, 5.74) is 2.78. The topological polar surface area (TPSA) is 74.7 Å². The molecule has 7 heteroatoms. The van der Waals surface area contributed by atoms with Crippen molar-refractivity contribution in [3.63, 3.8) is 0 Å². The summed E-state index contributed by atoms with van der Waals surface area (Å²) in [6.45, 7) is 3.77. The molecule has 5 nitrogen and oxygen atoms in total. The van der Waals surface area contributed by atoms with E-state index >= 15 is 0 Å². The summed E-state index contributed by atoms with van der Waals surface area (Å²) in [4.78, 5) is 11.8. The first kappa shape index (κ1) is 18.9. The highest BCUT2D eigenvalue weighted by Gasteiger charge is 2.33. The summed E-state index contributed by atoms with van der Waals surface area (Å²) in [5, 5.41) is 9.65. The third kappa shape index (κ3) is 4.57. The molecule has 0 saturated carbocycles. The lowest BCUT2D eigenvalue weighted by atomic mass is 9.99. The second-order valence-corrected chi connectivity index (χ2v) is 7.88. The number of rotatable bonds is 6. The molecule has 2 aromatic rings. The van der Waals surface area contributed by atoms with E-state index in [-0.39, 0.29) is 12.1 Å². The van der Waals surface area contributed by atoms with Gasteiger partial charge in [-0.1, -0.05) is 23.8 Å². The number of benzene rings is 2. The highest BCUT2D eigenvalue weighted by molar-refractivity contribution is 7.92. The Morgan fingerprint density at radius 3 is 2.24 bits per heavy atom. The number of hydrogen-bond donors (Lipinski definition) is 1. The van der Waals surface area contributed by atoms with E-state index in [9.17, 15) is 22.7 Å². The predicted molar refractivity (Wildman–Crippen MR) is 94.8 cm³/mol. The van der Waals surface area contributed by atoms with Gasteiger partial charge in [-0.05, 0) is 49.2 Å². The lowest BCUT2D eigenvalue weighted by Crippen LogP contribution is -2.46. The van der Waals surface area contributed by atoms with Gasteiger partial charge in [0.1, 0.15) is 11.9 Å². The molecule has 0 saturated heterocycles. The van der Waals surface area contributed by atoms with Crippen LogP contribution < -0.4 is 4.31 Å². The normalized spacial score (nSPS) is 12.6. The summed E-state index contributed by atoms with van der Waals surface area (Å²) in [6.07, 6.45) is 0.945. The van der Waals surface area contributed by atoms with E-state index in [1.54, 1.807) is 6.07 Å². The lowest BCUT2D eigenvalue weighted by Gasteiger charge is -2.29. The third-order valence-corrected chi connectivity index (χ3v) is 5.10. The van der Waals surface area contributed by atoms with Gasteiger partial charge in [-0.2, -0.15) is 0 Å². The fourth-order valence-corrected chi connectivity index (χ4v) is 3.88. The molecule has 0 aliphatic heterocycles. The first-order chi connectivity index (χ1) is 11.6. The predicted octanol–water partition coefficient (Wildman–Crippen LogP) is 2.90. The van der Waals surface area contributed by atoms with Gasteiger partial charge in [0, 0.05) is 6.42 Å².